The molecule has 1 N–H and O–H groups in total. The Morgan fingerprint density at radius 1 is 1.43 bits per heavy atom. The largest absolute Gasteiger partial charge is 0.444 e. The number of alkyl carbamates (subject to hydrolysis) is 1. The quantitative estimate of drug-likeness (QED) is 0.880. The van der Waals surface area contributed by atoms with Crippen LogP contribution >= 0.6 is 15.9 Å². The first kappa shape index (κ1) is 15.7. The lowest BCUT2D eigenvalue weighted by Gasteiger charge is -2.19. The van der Waals surface area contributed by atoms with E-state index in [2.05, 4.69) is 26.2 Å². The fourth-order valence-electron chi connectivity index (χ4n) is 1.80. The molecular formula is C15H16BrFN2O2. The van der Waals surface area contributed by atoms with Crippen molar-refractivity contribution in [2.75, 3.05) is 0 Å². The molecule has 2 aromatic rings. The maximum Gasteiger partial charge on any atom is 0.407 e. The fraction of sp³-hybridized carbons (Fsp3) is 0.333. The molecular weight excluding hydrogens is 339 g/mol. The molecule has 0 bridgehead atoms. The number of hydrogen-bond donors (Lipinski definition) is 1. The summed E-state index contributed by atoms with van der Waals surface area (Å²) < 4.78 is 20.2. The van der Waals surface area contributed by atoms with Gasteiger partial charge in [0.2, 0.25) is 0 Å². The third kappa shape index (κ3) is 4.14. The van der Waals surface area contributed by atoms with Gasteiger partial charge in [0.1, 0.15) is 11.4 Å². The molecule has 0 aliphatic rings. The lowest BCUT2D eigenvalue weighted by atomic mass is 10.1. The first-order valence-corrected chi connectivity index (χ1v) is 7.25. The van der Waals surface area contributed by atoms with Gasteiger partial charge in [-0.3, -0.25) is 4.98 Å². The van der Waals surface area contributed by atoms with Crippen molar-refractivity contribution in [1.29, 1.82) is 0 Å². The van der Waals surface area contributed by atoms with Gasteiger partial charge in [-0.15, -0.1) is 0 Å². The second-order valence-electron chi connectivity index (χ2n) is 5.61. The van der Waals surface area contributed by atoms with Crippen molar-refractivity contribution in [1.82, 2.24) is 10.3 Å². The van der Waals surface area contributed by atoms with Crippen LogP contribution in [0.1, 0.15) is 26.3 Å². The van der Waals surface area contributed by atoms with E-state index in [1.807, 2.05) is 0 Å². The third-order valence-corrected chi connectivity index (χ3v) is 3.10. The summed E-state index contributed by atoms with van der Waals surface area (Å²) in [5.41, 5.74) is 0.367. The maximum absolute atomic E-state index is 14.4. The van der Waals surface area contributed by atoms with Crippen LogP contribution in [0.4, 0.5) is 9.18 Å². The van der Waals surface area contributed by atoms with Gasteiger partial charge >= 0.3 is 6.09 Å². The number of rotatable bonds is 2. The molecule has 0 aliphatic heterocycles. The number of nitrogens with one attached hydrogen (secondary N) is 1. The summed E-state index contributed by atoms with van der Waals surface area (Å²) in [7, 11) is 0. The molecule has 0 fully saturated rings. The minimum absolute atomic E-state index is 0.0587. The van der Waals surface area contributed by atoms with Crippen molar-refractivity contribution in [3.63, 3.8) is 0 Å². The normalized spacial score (nSPS) is 11.5. The first-order chi connectivity index (χ1) is 9.76. The molecule has 4 nitrogen and oxygen atoms in total. The van der Waals surface area contributed by atoms with E-state index in [4.69, 9.17) is 4.74 Å². The standard InChI is InChI=1S/C15H16BrFN2O2/c1-15(2,3)21-14(20)19-7-9-4-5-12-11(13(9)17)6-10(16)8-18-12/h4-6,8H,7H2,1-3H3,(H,19,20). The van der Waals surface area contributed by atoms with Crippen LogP contribution in [0.25, 0.3) is 10.9 Å². The van der Waals surface area contributed by atoms with Crippen molar-refractivity contribution >= 4 is 32.9 Å². The van der Waals surface area contributed by atoms with E-state index < -0.39 is 17.5 Å². The number of halogens is 2. The average molecular weight is 355 g/mol. The van der Waals surface area contributed by atoms with E-state index in [0.717, 1.165) is 0 Å². The van der Waals surface area contributed by atoms with Crippen LogP contribution in [-0.2, 0) is 11.3 Å². The molecule has 0 radical (unpaired) electrons. The molecule has 6 heteroatoms. The van der Waals surface area contributed by atoms with Crippen molar-refractivity contribution in [2.45, 2.75) is 32.9 Å². The summed E-state index contributed by atoms with van der Waals surface area (Å²) in [5.74, 6) is -0.391. The van der Waals surface area contributed by atoms with Gasteiger partial charge in [-0.1, -0.05) is 6.07 Å². The van der Waals surface area contributed by atoms with Crippen molar-refractivity contribution in [3.8, 4) is 0 Å². The summed E-state index contributed by atoms with van der Waals surface area (Å²) in [6, 6.07) is 4.99. The molecule has 1 aromatic carbocycles. The van der Waals surface area contributed by atoms with Gasteiger partial charge in [0, 0.05) is 28.2 Å². The van der Waals surface area contributed by atoms with Crippen LogP contribution in [-0.4, -0.2) is 16.7 Å². The highest BCUT2D eigenvalue weighted by Crippen LogP contribution is 2.22. The molecule has 0 unspecified atom stereocenters. The number of carbonyl (C=O) groups is 1. The monoisotopic (exact) mass is 354 g/mol. The number of amides is 1. The van der Waals surface area contributed by atoms with Crippen LogP contribution in [0.5, 0.6) is 0 Å². The van der Waals surface area contributed by atoms with Crippen molar-refractivity contribution < 1.29 is 13.9 Å². The van der Waals surface area contributed by atoms with Crippen LogP contribution in [0.3, 0.4) is 0 Å². The fourth-order valence-corrected chi connectivity index (χ4v) is 2.13. The van der Waals surface area contributed by atoms with E-state index in [9.17, 15) is 9.18 Å². The van der Waals surface area contributed by atoms with E-state index in [0.29, 0.717) is 20.9 Å². The Kier molecular flexibility index (Phi) is 4.46. The summed E-state index contributed by atoms with van der Waals surface area (Å²) in [5, 5.41) is 2.95. The predicted molar refractivity (Wildman–Crippen MR) is 82.5 cm³/mol. The van der Waals surface area contributed by atoms with Gasteiger partial charge in [0.05, 0.1) is 5.52 Å². The molecule has 2 rings (SSSR count). The van der Waals surface area contributed by atoms with E-state index >= 15 is 0 Å². The van der Waals surface area contributed by atoms with Crippen molar-refractivity contribution in [3.05, 3.63) is 40.2 Å². The molecule has 1 aromatic heterocycles. The molecule has 0 saturated carbocycles. The number of fused-ring (bicyclic) bond motifs is 1. The maximum atomic E-state index is 14.4. The molecule has 0 saturated heterocycles. The zero-order valence-electron chi connectivity index (χ0n) is 12.0. The molecule has 21 heavy (non-hydrogen) atoms. The Bertz CT molecular complexity index is 683. The highest BCUT2D eigenvalue weighted by atomic mass is 79.9. The number of pyridine rings is 1. The SMILES string of the molecule is CC(C)(C)OC(=O)NCc1ccc2ncc(Br)cc2c1F. The van der Waals surface area contributed by atoms with Crippen LogP contribution in [0.2, 0.25) is 0 Å². The number of aromatic nitrogens is 1. The molecule has 112 valence electrons. The third-order valence-electron chi connectivity index (χ3n) is 2.67. The van der Waals surface area contributed by atoms with E-state index in [1.165, 1.54) is 0 Å². The second kappa shape index (κ2) is 5.97. The molecule has 0 spiro atoms. The Hall–Kier alpha value is -1.69. The number of ether oxygens (including phenoxy) is 1. The zero-order chi connectivity index (χ0) is 15.6. The van der Waals surface area contributed by atoms with E-state index in [-0.39, 0.29) is 6.54 Å². The van der Waals surface area contributed by atoms with Gasteiger partial charge in [0.25, 0.3) is 0 Å². The number of benzene rings is 1. The summed E-state index contributed by atoms with van der Waals surface area (Å²) in [6.07, 6.45) is 1.04. The first-order valence-electron chi connectivity index (χ1n) is 6.46. The van der Waals surface area contributed by atoms with Crippen LogP contribution in [0.15, 0.2) is 28.9 Å². The van der Waals surface area contributed by atoms with Crippen LogP contribution < -0.4 is 5.32 Å². The lowest BCUT2D eigenvalue weighted by Crippen LogP contribution is -2.32. The summed E-state index contributed by atoms with van der Waals surface area (Å²) >= 11 is 3.27. The highest BCUT2D eigenvalue weighted by Gasteiger charge is 2.16. The van der Waals surface area contributed by atoms with Crippen LogP contribution in [0, 0.1) is 5.82 Å². The Balaban J connectivity index is 2.16. The Morgan fingerprint density at radius 3 is 2.81 bits per heavy atom. The van der Waals surface area contributed by atoms with Gasteiger partial charge < -0.3 is 10.1 Å². The van der Waals surface area contributed by atoms with Gasteiger partial charge in [-0.25, -0.2) is 9.18 Å². The summed E-state index contributed by atoms with van der Waals surface area (Å²) in [6.45, 7) is 5.37. The smallest absolute Gasteiger partial charge is 0.407 e. The lowest BCUT2D eigenvalue weighted by molar-refractivity contribution is 0.0523. The predicted octanol–water partition coefficient (Wildman–Crippen LogP) is 4.16. The van der Waals surface area contributed by atoms with Gasteiger partial charge in [-0.05, 0) is 48.8 Å². The zero-order valence-corrected chi connectivity index (χ0v) is 13.6. The average Bonchev–Trinajstić information content (AvgIpc) is 2.36. The Labute approximate surface area is 130 Å². The minimum Gasteiger partial charge on any atom is -0.444 e. The Morgan fingerprint density at radius 2 is 2.14 bits per heavy atom. The molecule has 1 heterocycles. The van der Waals surface area contributed by atoms with Gasteiger partial charge in [0.15, 0.2) is 0 Å². The molecule has 0 aliphatic carbocycles. The second-order valence-corrected chi connectivity index (χ2v) is 6.53. The topological polar surface area (TPSA) is 51.2 Å². The number of carbonyl (C=O) groups excluding carboxylic acids is 1. The number of nitrogens with zero attached hydrogens (tertiary/aromatic N) is 1. The van der Waals surface area contributed by atoms with Crippen molar-refractivity contribution in [2.24, 2.45) is 0 Å². The molecule has 0 atom stereocenters. The van der Waals surface area contributed by atoms with E-state index in [1.54, 1.807) is 45.2 Å². The number of hydrogen-bond acceptors (Lipinski definition) is 3. The minimum atomic E-state index is -0.583. The molecule has 1 amide bonds. The highest BCUT2D eigenvalue weighted by molar-refractivity contribution is 9.10. The summed E-state index contributed by atoms with van der Waals surface area (Å²) in [4.78, 5) is 15.7. The van der Waals surface area contributed by atoms with Gasteiger partial charge in [-0.2, -0.15) is 0 Å².